The van der Waals surface area contributed by atoms with Gasteiger partial charge in [0.05, 0.1) is 33.1 Å². The van der Waals surface area contributed by atoms with E-state index in [-0.39, 0.29) is 0 Å². The number of methoxy groups -OCH3 is 2. The number of rotatable bonds is 10. The van der Waals surface area contributed by atoms with E-state index in [1.807, 2.05) is 54.9 Å². The summed E-state index contributed by atoms with van der Waals surface area (Å²) in [6.45, 7) is 6.66. The maximum absolute atomic E-state index is 5.95. The van der Waals surface area contributed by atoms with E-state index >= 15 is 0 Å². The van der Waals surface area contributed by atoms with Crippen LogP contribution in [0.3, 0.4) is 0 Å². The second-order valence-electron chi connectivity index (χ2n) is 12.2. The summed E-state index contributed by atoms with van der Waals surface area (Å²) in [6, 6.07) is 24.3. The van der Waals surface area contributed by atoms with Gasteiger partial charge in [0, 0.05) is 61.9 Å². The molecule has 1 saturated heterocycles. The predicted octanol–water partition coefficient (Wildman–Crippen LogP) is 6.06. The average molecular weight is 689 g/mol. The van der Waals surface area contributed by atoms with E-state index < -0.39 is 0 Å². The molecule has 0 radical (unpaired) electrons. The fourth-order valence-corrected chi connectivity index (χ4v) is 6.48. The van der Waals surface area contributed by atoms with Crippen LogP contribution in [0, 0.1) is 6.92 Å². The zero-order valence-electron chi connectivity index (χ0n) is 28.5. The van der Waals surface area contributed by atoms with Crippen LogP contribution in [-0.4, -0.2) is 72.1 Å². The number of hydrogen-bond donors (Lipinski definition) is 1. The van der Waals surface area contributed by atoms with Crippen molar-refractivity contribution in [2.24, 2.45) is 0 Å². The van der Waals surface area contributed by atoms with Crippen LogP contribution in [0.2, 0.25) is 0 Å². The lowest BCUT2D eigenvalue weighted by Gasteiger charge is -2.28. The van der Waals surface area contributed by atoms with Crippen LogP contribution in [0.4, 0.5) is 23.4 Å². The van der Waals surface area contributed by atoms with E-state index in [2.05, 4.69) is 57.3 Å². The van der Waals surface area contributed by atoms with Crippen LogP contribution in [0.1, 0.15) is 22.3 Å². The first-order valence-electron chi connectivity index (χ1n) is 16.7. The number of nitrogens with zero attached hydrogens (tertiary/aromatic N) is 7. The van der Waals surface area contributed by atoms with Crippen molar-refractivity contribution in [3.63, 3.8) is 0 Å². The zero-order valence-corrected chi connectivity index (χ0v) is 29.3. The van der Waals surface area contributed by atoms with Gasteiger partial charge >= 0.3 is 0 Å². The van der Waals surface area contributed by atoms with Crippen LogP contribution < -0.4 is 29.5 Å². The first kappa shape index (κ1) is 33.2. The van der Waals surface area contributed by atoms with Gasteiger partial charge in [0.15, 0.2) is 5.11 Å². The third-order valence-electron chi connectivity index (χ3n) is 9.00. The molecular formula is C38H40N8O3S. The summed E-state index contributed by atoms with van der Waals surface area (Å²) in [4.78, 5) is 26.5. The van der Waals surface area contributed by atoms with Crippen molar-refractivity contribution in [2.45, 2.75) is 26.4 Å². The van der Waals surface area contributed by atoms with E-state index in [9.17, 15) is 0 Å². The Morgan fingerprint density at radius 1 is 0.840 bits per heavy atom. The van der Waals surface area contributed by atoms with Crippen LogP contribution in [-0.2, 0) is 24.2 Å². The van der Waals surface area contributed by atoms with E-state index in [1.165, 1.54) is 0 Å². The van der Waals surface area contributed by atoms with Crippen molar-refractivity contribution in [3.8, 4) is 22.8 Å². The van der Waals surface area contributed by atoms with Crippen LogP contribution in [0.15, 0.2) is 85.2 Å². The lowest BCUT2D eigenvalue weighted by atomic mass is 10.1. The van der Waals surface area contributed by atoms with Gasteiger partial charge in [-0.1, -0.05) is 42.5 Å². The second kappa shape index (κ2) is 15.1. The normalized spacial score (nSPS) is 13.9. The Morgan fingerprint density at radius 2 is 1.46 bits per heavy atom. The van der Waals surface area contributed by atoms with Crippen molar-refractivity contribution in [3.05, 3.63) is 107 Å². The molecular weight excluding hydrogens is 649 g/mol. The molecule has 3 aromatic carbocycles. The highest BCUT2D eigenvalue weighted by molar-refractivity contribution is 7.80. The molecule has 0 saturated carbocycles. The van der Waals surface area contributed by atoms with Gasteiger partial charge in [-0.15, -0.1) is 0 Å². The second-order valence-corrected chi connectivity index (χ2v) is 12.6. The molecule has 2 aromatic heterocycles. The number of thiocarbonyl (C=S) groups is 1. The minimum absolute atomic E-state index is 0.606. The Kier molecular flexibility index (Phi) is 9.99. The summed E-state index contributed by atoms with van der Waals surface area (Å²) < 4.78 is 16.4. The number of hydrogen-bond acceptors (Lipinski definition) is 10. The number of ether oxygens (including phenoxy) is 3. The third-order valence-corrected chi connectivity index (χ3v) is 9.32. The van der Waals surface area contributed by atoms with Crippen molar-refractivity contribution >= 4 is 40.7 Å². The quantitative estimate of drug-likeness (QED) is 0.173. The molecule has 0 atom stereocenters. The highest BCUT2D eigenvalue weighted by Crippen LogP contribution is 2.36. The molecule has 0 unspecified atom stereocenters. The Bertz CT molecular complexity index is 1880. The number of morpholine rings is 1. The van der Waals surface area contributed by atoms with E-state index in [0.717, 1.165) is 62.9 Å². The number of nitrogens with one attached hydrogen (secondary N) is 1. The number of aryl methyl sites for hydroxylation is 1. The lowest BCUT2D eigenvalue weighted by molar-refractivity contribution is 0.122. The summed E-state index contributed by atoms with van der Waals surface area (Å²) in [5.74, 6) is 3.71. The number of aromatic nitrogens is 4. The molecule has 1 N–H and O–H groups in total. The minimum atomic E-state index is 0.606. The third kappa shape index (κ3) is 7.31. The van der Waals surface area contributed by atoms with Crippen molar-refractivity contribution < 1.29 is 14.2 Å². The van der Waals surface area contributed by atoms with Crippen molar-refractivity contribution in [1.82, 2.24) is 19.9 Å². The first-order chi connectivity index (χ1) is 24.5. The Balaban J connectivity index is 1.21. The maximum atomic E-state index is 5.95. The molecule has 2 aliphatic rings. The van der Waals surface area contributed by atoms with Gasteiger partial charge in [-0.25, -0.2) is 15.0 Å². The van der Waals surface area contributed by atoms with Crippen molar-refractivity contribution in [1.29, 1.82) is 0 Å². The smallest absolute Gasteiger partial charge is 0.228 e. The fraction of sp³-hybridized carbons (Fsp3) is 0.289. The summed E-state index contributed by atoms with van der Waals surface area (Å²) in [5, 5.41) is 4.05. The van der Waals surface area contributed by atoms with E-state index in [1.54, 1.807) is 14.2 Å². The molecule has 0 spiro atoms. The Labute approximate surface area is 297 Å². The largest absolute Gasteiger partial charge is 0.497 e. The van der Waals surface area contributed by atoms with Gasteiger partial charge < -0.3 is 34.2 Å². The summed E-state index contributed by atoms with van der Waals surface area (Å²) in [5.41, 5.74) is 7.01. The van der Waals surface area contributed by atoms with Gasteiger partial charge in [-0.05, 0) is 72.6 Å². The predicted molar refractivity (Wildman–Crippen MR) is 200 cm³/mol. The number of benzene rings is 3. The molecule has 0 bridgehead atoms. The molecule has 256 valence electrons. The highest BCUT2D eigenvalue weighted by atomic mass is 32.1. The molecule has 50 heavy (non-hydrogen) atoms. The van der Waals surface area contributed by atoms with Gasteiger partial charge in [0.2, 0.25) is 11.9 Å². The molecule has 4 heterocycles. The SMILES string of the molecule is COc1ccc(CN(Cc2ccc(OC)cc2)c2ncc(-c3nc(N4CCOCC4)nc4c3CCN4C(=S)Nc3ccccc3C)cn2)cc1. The molecule has 0 amide bonds. The van der Waals surface area contributed by atoms with E-state index in [4.69, 9.17) is 46.4 Å². The standard InChI is InChI=1S/C38H40N8O3S/c1-26-6-4-5-7-33(26)41-38(50)46-17-16-32-34(42-37(43-35(32)46)44-18-20-49-21-19-44)29-22-39-36(40-23-29)45(24-27-8-12-30(47-2)13-9-27)25-28-10-14-31(48-3)15-11-28/h4-15,22-23H,16-21,24-25H2,1-3H3,(H,41,50). The molecule has 0 aliphatic carbocycles. The van der Waals surface area contributed by atoms with Crippen LogP contribution >= 0.6 is 12.2 Å². The minimum Gasteiger partial charge on any atom is -0.497 e. The van der Waals surface area contributed by atoms with Gasteiger partial charge in [0.25, 0.3) is 0 Å². The van der Waals surface area contributed by atoms with Gasteiger partial charge in [-0.2, -0.15) is 4.98 Å². The zero-order chi connectivity index (χ0) is 34.5. The van der Waals surface area contributed by atoms with Crippen molar-refractivity contribution in [2.75, 3.05) is 67.1 Å². The molecule has 7 rings (SSSR count). The Morgan fingerprint density at radius 3 is 2.06 bits per heavy atom. The first-order valence-corrected chi connectivity index (χ1v) is 17.1. The maximum Gasteiger partial charge on any atom is 0.228 e. The molecule has 5 aromatic rings. The van der Waals surface area contributed by atoms with Crippen LogP contribution in [0.5, 0.6) is 11.5 Å². The van der Waals surface area contributed by atoms with Gasteiger partial charge in [-0.3, -0.25) is 0 Å². The topological polar surface area (TPSA) is 101 Å². The molecule has 11 nitrogen and oxygen atoms in total. The summed E-state index contributed by atoms with van der Waals surface area (Å²) in [6.07, 6.45) is 4.48. The number of para-hydroxylation sites is 1. The molecule has 12 heteroatoms. The Hall–Kier alpha value is -5.33. The van der Waals surface area contributed by atoms with Crippen LogP contribution in [0.25, 0.3) is 11.3 Å². The molecule has 1 fully saturated rings. The highest BCUT2D eigenvalue weighted by Gasteiger charge is 2.31. The summed E-state index contributed by atoms with van der Waals surface area (Å²) in [7, 11) is 3.34. The monoisotopic (exact) mass is 688 g/mol. The molecule has 2 aliphatic heterocycles. The number of anilines is 4. The summed E-state index contributed by atoms with van der Waals surface area (Å²) >= 11 is 5.95. The number of fused-ring (bicyclic) bond motifs is 1. The lowest BCUT2D eigenvalue weighted by Crippen LogP contribution is -2.38. The fourth-order valence-electron chi connectivity index (χ4n) is 6.19. The van der Waals surface area contributed by atoms with Gasteiger partial charge in [0.1, 0.15) is 17.3 Å². The average Bonchev–Trinajstić information content (AvgIpc) is 3.60. The van der Waals surface area contributed by atoms with E-state index in [0.29, 0.717) is 62.9 Å².